The van der Waals surface area contributed by atoms with E-state index in [1.165, 1.54) is 7.11 Å². The van der Waals surface area contributed by atoms with E-state index in [9.17, 15) is 24.0 Å². The average molecular weight is 530 g/mol. The molecule has 3 amide bonds. The van der Waals surface area contributed by atoms with Crippen molar-refractivity contribution in [1.82, 2.24) is 16.0 Å². The van der Waals surface area contributed by atoms with Gasteiger partial charge in [0.25, 0.3) is 5.91 Å². The highest BCUT2D eigenvalue weighted by Gasteiger charge is 2.50. The van der Waals surface area contributed by atoms with Gasteiger partial charge < -0.3 is 30.2 Å². The molecule has 214 valence electrons. The van der Waals surface area contributed by atoms with Gasteiger partial charge in [-0.3, -0.25) is 9.59 Å². The smallest absolute Gasteiger partial charge is 0.408 e. The van der Waals surface area contributed by atoms with Gasteiger partial charge in [-0.25, -0.2) is 14.4 Å². The van der Waals surface area contributed by atoms with Crippen molar-refractivity contribution in [2.45, 2.75) is 111 Å². The van der Waals surface area contributed by atoms with Gasteiger partial charge in [-0.1, -0.05) is 47.5 Å². The number of hydrogen-bond donors (Lipinski definition) is 3. The zero-order valence-electron chi connectivity index (χ0n) is 24.1. The molecule has 0 aromatic heterocycles. The van der Waals surface area contributed by atoms with Crippen molar-refractivity contribution in [1.29, 1.82) is 0 Å². The van der Waals surface area contributed by atoms with Crippen molar-refractivity contribution in [2.75, 3.05) is 14.2 Å². The molecule has 1 unspecified atom stereocenters. The molecule has 0 saturated carbocycles. The lowest BCUT2D eigenvalue weighted by atomic mass is 9.89. The largest absolute Gasteiger partial charge is 0.467 e. The molecule has 11 nitrogen and oxygen atoms in total. The molecule has 0 fully saturated rings. The second-order valence-corrected chi connectivity index (χ2v) is 11.0. The number of esters is 2. The van der Waals surface area contributed by atoms with Crippen LogP contribution in [-0.4, -0.2) is 67.3 Å². The number of unbranched alkanes of at least 4 members (excludes halogenated alkanes) is 1. The zero-order valence-corrected chi connectivity index (χ0v) is 24.1. The van der Waals surface area contributed by atoms with Crippen LogP contribution in [0.3, 0.4) is 0 Å². The first-order valence-electron chi connectivity index (χ1n) is 12.8. The molecule has 0 saturated heterocycles. The number of nitrogens with one attached hydrogen (secondary N) is 3. The molecule has 0 aliphatic heterocycles. The predicted octanol–water partition coefficient (Wildman–Crippen LogP) is 2.85. The fourth-order valence-corrected chi connectivity index (χ4v) is 3.65. The van der Waals surface area contributed by atoms with E-state index in [0.29, 0.717) is 12.8 Å². The van der Waals surface area contributed by atoms with Crippen LogP contribution in [0.5, 0.6) is 0 Å². The topological polar surface area (TPSA) is 149 Å². The summed E-state index contributed by atoms with van der Waals surface area (Å²) in [6, 6.07) is -2.13. The predicted molar refractivity (Wildman–Crippen MR) is 138 cm³/mol. The Labute approximate surface area is 221 Å². The summed E-state index contributed by atoms with van der Waals surface area (Å²) in [5.74, 6) is -3.30. The van der Waals surface area contributed by atoms with E-state index in [2.05, 4.69) is 16.0 Å². The summed E-state index contributed by atoms with van der Waals surface area (Å²) >= 11 is 0. The molecule has 0 spiro atoms. The Kier molecular flexibility index (Phi) is 14.2. The van der Waals surface area contributed by atoms with Gasteiger partial charge in [0.2, 0.25) is 11.4 Å². The van der Waals surface area contributed by atoms with Crippen LogP contribution in [0.1, 0.15) is 87.5 Å². The van der Waals surface area contributed by atoms with Gasteiger partial charge in [0.1, 0.15) is 17.7 Å². The van der Waals surface area contributed by atoms with Crippen LogP contribution in [0.4, 0.5) is 4.79 Å². The number of alkyl carbamates (subject to hydrolysis) is 1. The van der Waals surface area contributed by atoms with Crippen LogP contribution in [-0.2, 0) is 33.4 Å². The molecular weight excluding hydrogens is 482 g/mol. The maximum atomic E-state index is 13.6. The van der Waals surface area contributed by atoms with Crippen molar-refractivity contribution in [3.8, 4) is 0 Å². The first kappa shape index (κ1) is 34.1. The summed E-state index contributed by atoms with van der Waals surface area (Å²) in [7, 11) is 2.31. The van der Waals surface area contributed by atoms with E-state index in [4.69, 9.17) is 14.2 Å². The van der Waals surface area contributed by atoms with Crippen LogP contribution in [0.2, 0.25) is 0 Å². The van der Waals surface area contributed by atoms with Gasteiger partial charge in [0.15, 0.2) is 0 Å². The van der Waals surface area contributed by atoms with Crippen molar-refractivity contribution in [3.63, 3.8) is 0 Å². The van der Waals surface area contributed by atoms with Gasteiger partial charge in [-0.15, -0.1) is 0 Å². The molecule has 3 atom stereocenters. The van der Waals surface area contributed by atoms with Gasteiger partial charge in [-0.2, -0.15) is 0 Å². The molecule has 0 radical (unpaired) electrons. The Bertz CT molecular complexity index is 791. The number of ether oxygens (including phenoxy) is 3. The van der Waals surface area contributed by atoms with Crippen molar-refractivity contribution in [2.24, 2.45) is 11.8 Å². The third-order valence-corrected chi connectivity index (χ3v) is 5.38. The second-order valence-electron chi connectivity index (χ2n) is 11.0. The van der Waals surface area contributed by atoms with Gasteiger partial charge >= 0.3 is 18.0 Å². The Morgan fingerprint density at radius 2 is 1.35 bits per heavy atom. The normalized spacial score (nSPS) is 14.7. The van der Waals surface area contributed by atoms with Crippen molar-refractivity contribution < 1.29 is 38.2 Å². The average Bonchev–Trinajstić information content (AvgIpc) is 2.77. The van der Waals surface area contributed by atoms with Crippen LogP contribution in [0.15, 0.2) is 0 Å². The molecule has 0 heterocycles. The number of methoxy groups -OCH3 is 2. The summed E-state index contributed by atoms with van der Waals surface area (Å²) in [5.41, 5.74) is -2.92. The van der Waals surface area contributed by atoms with Crippen LogP contribution in [0.25, 0.3) is 0 Å². The highest BCUT2D eigenvalue weighted by molar-refractivity contribution is 6.11. The Morgan fingerprint density at radius 3 is 1.78 bits per heavy atom. The SMILES string of the molecule is CCCCC(NC(=O)[C@H](CC(C)C)NC(=O)OC(C)(C)C)(C(=O)N[C@@H](CC(C)C)C(=O)OC)C(=O)OC. The van der Waals surface area contributed by atoms with E-state index in [1.54, 1.807) is 20.8 Å². The Hall–Kier alpha value is -2.85. The highest BCUT2D eigenvalue weighted by Crippen LogP contribution is 2.20. The number of carbonyl (C=O) groups is 5. The van der Waals surface area contributed by atoms with Crippen molar-refractivity contribution in [3.05, 3.63) is 0 Å². The maximum Gasteiger partial charge on any atom is 0.408 e. The van der Waals surface area contributed by atoms with Crippen LogP contribution < -0.4 is 16.0 Å². The fourth-order valence-electron chi connectivity index (χ4n) is 3.65. The van der Waals surface area contributed by atoms with E-state index in [1.807, 2.05) is 34.6 Å². The summed E-state index contributed by atoms with van der Waals surface area (Å²) < 4.78 is 15.1. The lowest BCUT2D eigenvalue weighted by molar-refractivity contribution is -0.159. The molecule has 0 aliphatic rings. The number of amides is 3. The third kappa shape index (κ3) is 11.8. The van der Waals surface area contributed by atoms with Crippen molar-refractivity contribution >= 4 is 29.8 Å². The maximum absolute atomic E-state index is 13.6. The lowest BCUT2D eigenvalue weighted by Crippen LogP contribution is -2.68. The van der Waals surface area contributed by atoms with Crippen LogP contribution >= 0.6 is 0 Å². The highest BCUT2D eigenvalue weighted by atomic mass is 16.6. The van der Waals surface area contributed by atoms with Gasteiger partial charge in [0, 0.05) is 0 Å². The summed E-state index contributed by atoms with van der Waals surface area (Å²) in [4.78, 5) is 65.0. The molecule has 0 bridgehead atoms. The molecule has 11 heteroatoms. The van der Waals surface area contributed by atoms with E-state index in [0.717, 1.165) is 7.11 Å². The third-order valence-electron chi connectivity index (χ3n) is 5.38. The minimum Gasteiger partial charge on any atom is -0.467 e. The standard InChI is InChI=1S/C26H47N3O8/c1-11-12-13-26(23(33)36-10,22(32)27-19(15-17(4)5)21(31)35-9)29-20(30)18(14-16(2)3)28-24(34)37-25(6,7)8/h16-19H,11-15H2,1-10H3,(H,27,32)(H,28,34)(H,29,30)/t18-,19-,26?/m0/s1. The monoisotopic (exact) mass is 529 g/mol. The minimum absolute atomic E-state index is 0.0163. The fraction of sp³-hybridized carbons (Fsp3) is 0.808. The lowest BCUT2D eigenvalue weighted by Gasteiger charge is -2.34. The van der Waals surface area contributed by atoms with E-state index in [-0.39, 0.29) is 31.1 Å². The number of hydrogen-bond acceptors (Lipinski definition) is 8. The molecule has 0 aliphatic carbocycles. The molecule has 37 heavy (non-hydrogen) atoms. The number of carbonyl (C=O) groups excluding carboxylic acids is 5. The molecule has 3 N–H and O–H groups in total. The molecule has 0 rings (SSSR count). The van der Waals surface area contributed by atoms with Crippen LogP contribution in [0, 0.1) is 11.8 Å². The second kappa shape index (κ2) is 15.4. The summed E-state index contributed by atoms with van der Waals surface area (Å²) in [5, 5.41) is 7.68. The molecular formula is C26H47N3O8. The number of rotatable bonds is 14. The first-order valence-corrected chi connectivity index (χ1v) is 12.8. The quantitative estimate of drug-likeness (QED) is 0.177. The Balaban J connectivity index is 6.32. The first-order chi connectivity index (χ1) is 17.0. The molecule has 0 aromatic rings. The van der Waals surface area contributed by atoms with E-state index >= 15 is 0 Å². The summed E-state index contributed by atoms with van der Waals surface area (Å²) in [6.07, 6.45) is 0.593. The zero-order chi connectivity index (χ0) is 29.0. The van der Waals surface area contributed by atoms with E-state index < -0.39 is 53.1 Å². The minimum atomic E-state index is -2.13. The molecule has 0 aromatic carbocycles. The van der Waals surface area contributed by atoms with Gasteiger partial charge in [0.05, 0.1) is 14.2 Å². The van der Waals surface area contributed by atoms with Gasteiger partial charge in [-0.05, 0) is 51.9 Å². The summed E-state index contributed by atoms with van der Waals surface area (Å²) in [6.45, 7) is 14.4. The Morgan fingerprint density at radius 1 is 0.811 bits per heavy atom.